The Balaban J connectivity index is 2.14. The minimum Gasteiger partial charge on any atom is -0.384 e. The second-order valence-corrected chi connectivity index (χ2v) is 5.62. The van der Waals surface area contributed by atoms with Gasteiger partial charge in [0.1, 0.15) is 7.85 Å². The van der Waals surface area contributed by atoms with E-state index in [-0.39, 0.29) is 6.00 Å². The highest BCUT2D eigenvalue weighted by atomic mass is 32.2. The zero-order valence-corrected chi connectivity index (χ0v) is 10.8. The quantitative estimate of drug-likeness (QED) is 0.395. The fourth-order valence-corrected chi connectivity index (χ4v) is 2.87. The standard InChI is InChI=1S/C11H21BO2S/c1-4-9-10(5-11(12)14-9)15-7-13-6-8(2)3/h8-11H,4-7H2,1-3H3/t9-,10?,11-/m1/s1. The molecule has 1 aliphatic rings. The van der Waals surface area contributed by atoms with Gasteiger partial charge >= 0.3 is 0 Å². The lowest BCUT2D eigenvalue weighted by Gasteiger charge is -2.16. The van der Waals surface area contributed by atoms with Gasteiger partial charge in [0, 0.05) is 17.9 Å². The topological polar surface area (TPSA) is 18.5 Å². The van der Waals surface area contributed by atoms with Crippen LogP contribution in [-0.2, 0) is 9.47 Å². The molecule has 2 nitrogen and oxygen atoms in total. The number of ether oxygens (including phenoxy) is 2. The molecule has 0 N–H and O–H groups in total. The lowest BCUT2D eigenvalue weighted by molar-refractivity contribution is 0.0869. The highest BCUT2D eigenvalue weighted by molar-refractivity contribution is 7.99. The van der Waals surface area contributed by atoms with E-state index in [1.165, 1.54) is 0 Å². The molecule has 3 atom stereocenters. The van der Waals surface area contributed by atoms with Crippen LogP contribution in [0.25, 0.3) is 0 Å². The van der Waals surface area contributed by atoms with Crippen LogP contribution in [0.4, 0.5) is 0 Å². The molecule has 0 aromatic heterocycles. The molecule has 4 heteroatoms. The average molecular weight is 228 g/mol. The number of hydrogen-bond acceptors (Lipinski definition) is 3. The van der Waals surface area contributed by atoms with Crippen LogP contribution in [0.1, 0.15) is 33.6 Å². The van der Waals surface area contributed by atoms with E-state index in [1.807, 2.05) is 11.8 Å². The molecule has 1 aliphatic heterocycles. The van der Waals surface area contributed by atoms with Gasteiger partial charge in [0.05, 0.1) is 12.0 Å². The molecule has 0 aromatic rings. The van der Waals surface area contributed by atoms with Gasteiger partial charge in [0.15, 0.2) is 0 Å². The summed E-state index contributed by atoms with van der Waals surface area (Å²) in [4.78, 5) is 0. The highest BCUT2D eigenvalue weighted by Gasteiger charge is 2.31. The molecule has 1 fully saturated rings. The minimum atomic E-state index is -0.0717. The first kappa shape index (κ1) is 13.4. The maximum atomic E-state index is 5.77. The minimum absolute atomic E-state index is 0.0717. The van der Waals surface area contributed by atoms with Gasteiger partial charge in [-0.2, -0.15) is 0 Å². The molecule has 0 saturated carbocycles. The summed E-state index contributed by atoms with van der Waals surface area (Å²) in [7, 11) is 5.77. The van der Waals surface area contributed by atoms with E-state index in [4.69, 9.17) is 17.3 Å². The molecule has 86 valence electrons. The molecule has 0 spiro atoms. The van der Waals surface area contributed by atoms with Crippen molar-refractivity contribution in [2.75, 3.05) is 12.5 Å². The van der Waals surface area contributed by atoms with E-state index >= 15 is 0 Å². The van der Waals surface area contributed by atoms with Crippen LogP contribution >= 0.6 is 11.8 Å². The Morgan fingerprint density at radius 1 is 1.53 bits per heavy atom. The second-order valence-electron chi connectivity index (χ2n) is 4.44. The van der Waals surface area contributed by atoms with Crippen molar-refractivity contribution in [3.8, 4) is 0 Å². The van der Waals surface area contributed by atoms with Crippen LogP contribution < -0.4 is 0 Å². The van der Waals surface area contributed by atoms with Gasteiger partial charge in [-0.3, -0.25) is 0 Å². The van der Waals surface area contributed by atoms with Gasteiger partial charge < -0.3 is 9.47 Å². The molecule has 1 heterocycles. The summed E-state index contributed by atoms with van der Waals surface area (Å²) < 4.78 is 11.2. The smallest absolute Gasteiger partial charge is 0.109 e. The molecule has 1 saturated heterocycles. The summed E-state index contributed by atoms with van der Waals surface area (Å²) in [6.45, 7) is 7.30. The van der Waals surface area contributed by atoms with Crippen LogP contribution in [-0.4, -0.2) is 37.7 Å². The molecule has 1 rings (SSSR count). The maximum absolute atomic E-state index is 5.77. The van der Waals surface area contributed by atoms with Gasteiger partial charge in [-0.25, -0.2) is 0 Å². The molecule has 0 aliphatic carbocycles. The van der Waals surface area contributed by atoms with Crippen molar-refractivity contribution in [3.05, 3.63) is 0 Å². The SMILES string of the molecule is [B][C@H]1CC(SCOCC(C)C)[C@@H](CC)O1. The Kier molecular flexibility index (Phi) is 6.09. The van der Waals surface area contributed by atoms with Gasteiger partial charge in [-0.15, -0.1) is 11.8 Å². The monoisotopic (exact) mass is 228 g/mol. The van der Waals surface area contributed by atoms with Gasteiger partial charge in [0.25, 0.3) is 0 Å². The lowest BCUT2D eigenvalue weighted by atomic mass is 9.97. The van der Waals surface area contributed by atoms with Gasteiger partial charge in [-0.1, -0.05) is 20.8 Å². The van der Waals surface area contributed by atoms with E-state index in [0.717, 1.165) is 25.4 Å². The van der Waals surface area contributed by atoms with Crippen LogP contribution in [0.2, 0.25) is 0 Å². The molecule has 0 amide bonds. The van der Waals surface area contributed by atoms with Crippen molar-refractivity contribution in [2.45, 2.75) is 51.0 Å². The second kappa shape index (κ2) is 6.82. The fourth-order valence-electron chi connectivity index (χ4n) is 1.70. The maximum Gasteiger partial charge on any atom is 0.109 e. The van der Waals surface area contributed by atoms with E-state index in [9.17, 15) is 0 Å². The summed E-state index contributed by atoms with van der Waals surface area (Å²) in [5.74, 6) is 1.37. The third-order valence-electron chi connectivity index (χ3n) is 2.45. The predicted molar refractivity (Wildman–Crippen MR) is 66.4 cm³/mol. The highest BCUT2D eigenvalue weighted by Crippen LogP contribution is 2.31. The van der Waals surface area contributed by atoms with E-state index in [2.05, 4.69) is 20.8 Å². The lowest BCUT2D eigenvalue weighted by Crippen LogP contribution is -2.18. The predicted octanol–water partition coefficient (Wildman–Crippen LogP) is 2.41. The van der Waals surface area contributed by atoms with Crippen LogP contribution in [0.15, 0.2) is 0 Å². The summed E-state index contributed by atoms with van der Waals surface area (Å²) in [5.41, 5.74) is 0. The largest absolute Gasteiger partial charge is 0.384 e. The molecule has 15 heavy (non-hydrogen) atoms. The molecule has 1 unspecified atom stereocenters. The zero-order chi connectivity index (χ0) is 11.3. The average Bonchev–Trinajstić information content (AvgIpc) is 2.53. The molecule has 2 radical (unpaired) electrons. The van der Waals surface area contributed by atoms with Crippen molar-refractivity contribution in [1.82, 2.24) is 0 Å². The normalized spacial score (nSPS) is 31.3. The fraction of sp³-hybridized carbons (Fsp3) is 1.00. The number of hydrogen-bond donors (Lipinski definition) is 0. The third kappa shape index (κ3) is 4.79. The van der Waals surface area contributed by atoms with Gasteiger partial charge in [0.2, 0.25) is 0 Å². The molecule has 0 aromatic carbocycles. The van der Waals surface area contributed by atoms with Crippen molar-refractivity contribution < 1.29 is 9.47 Å². The Hall–Kier alpha value is 0.335. The molecular weight excluding hydrogens is 207 g/mol. The Labute approximate surface area is 98.9 Å². The Morgan fingerprint density at radius 3 is 2.87 bits per heavy atom. The van der Waals surface area contributed by atoms with Crippen LogP contribution in [0.5, 0.6) is 0 Å². The van der Waals surface area contributed by atoms with E-state index in [1.54, 1.807) is 0 Å². The zero-order valence-electron chi connectivity index (χ0n) is 9.94. The van der Waals surface area contributed by atoms with Crippen molar-refractivity contribution in [3.63, 3.8) is 0 Å². The first-order valence-electron chi connectivity index (χ1n) is 5.73. The Morgan fingerprint density at radius 2 is 2.27 bits per heavy atom. The van der Waals surface area contributed by atoms with E-state index in [0.29, 0.717) is 17.3 Å². The van der Waals surface area contributed by atoms with Crippen molar-refractivity contribution in [1.29, 1.82) is 0 Å². The summed E-state index contributed by atoms with van der Waals surface area (Å²) in [6.07, 6.45) is 2.30. The summed E-state index contributed by atoms with van der Waals surface area (Å²) >= 11 is 1.84. The van der Waals surface area contributed by atoms with Crippen LogP contribution in [0, 0.1) is 5.92 Å². The Bertz CT molecular complexity index is 178. The van der Waals surface area contributed by atoms with Gasteiger partial charge in [-0.05, 0) is 18.8 Å². The number of rotatable bonds is 6. The van der Waals surface area contributed by atoms with Crippen LogP contribution in [0.3, 0.4) is 0 Å². The van der Waals surface area contributed by atoms with Crippen molar-refractivity contribution in [2.24, 2.45) is 5.92 Å². The molecular formula is C11H21BO2S. The van der Waals surface area contributed by atoms with E-state index < -0.39 is 0 Å². The summed E-state index contributed by atoms with van der Waals surface area (Å²) in [6, 6.07) is -0.0717. The third-order valence-corrected chi connectivity index (χ3v) is 3.67. The first-order chi connectivity index (χ1) is 7.13. The molecule has 0 bridgehead atoms. The summed E-state index contributed by atoms with van der Waals surface area (Å²) in [5, 5.41) is 0.511. The number of thioether (sulfide) groups is 1. The first-order valence-corrected chi connectivity index (χ1v) is 6.78. The van der Waals surface area contributed by atoms with Crippen molar-refractivity contribution >= 4 is 19.6 Å².